The van der Waals surface area contributed by atoms with E-state index in [-0.39, 0.29) is 12.5 Å². The molecule has 1 saturated carbocycles. The summed E-state index contributed by atoms with van der Waals surface area (Å²) in [6.07, 6.45) is 2.19. The van der Waals surface area contributed by atoms with Crippen LogP contribution in [0.3, 0.4) is 0 Å². The Morgan fingerprint density at radius 2 is 1.90 bits per heavy atom. The van der Waals surface area contributed by atoms with Crippen LogP contribution in [0.2, 0.25) is 0 Å². The summed E-state index contributed by atoms with van der Waals surface area (Å²) in [5, 5.41) is 9.04. The molecular formula is C21H23N5O2S. The van der Waals surface area contributed by atoms with Gasteiger partial charge in [0.25, 0.3) is 5.91 Å². The molecule has 1 heterocycles. The van der Waals surface area contributed by atoms with Crippen LogP contribution in [-0.2, 0) is 10.5 Å². The summed E-state index contributed by atoms with van der Waals surface area (Å²) < 4.78 is 7.12. The topological polar surface area (TPSA) is 86.3 Å². The average molecular weight is 410 g/mol. The summed E-state index contributed by atoms with van der Waals surface area (Å²) in [5.41, 5.74) is 2.03. The van der Waals surface area contributed by atoms with Crippen molar-refractivity contribution in [1.82, 2.24) is 19.8 Å². The number of ether oxygens (including phenoxy) is 1. The van der Waals surface area contributed by atoms with Crippen LogP contribution in [0.25, 0.3) is 11.4 Å². The number of carbonyl (C=O) groups excluding carboxylic acids is 1. The van der Waals surface area contributed by atoms with Crippen molar-refractivity contribution in [3.8, 4) is 17.1 Å². The Balaban J connectivity index is 1.30. The lowest BCUT2D eigenvalue weighted by Crippen LogP contribution is -2.33. The zero-order valence-electron chi connectivity index (χ0n) is 16.2. The number of nitrogens with two attached hydrogens (primary N) is 1. The standard InChI is InChI=1S/C21H23N5O2S/c1-25(17-9-10-17)19(27)13-28-18-11-7-15(8-12-18)14-29-21-24-23-20(26(21)22)16-5-3-2-4-6-16/h2-8,11-12,17H,9-10,13-14,22H2,1H3. The van der Waals surface area contributed by atoms with Gasteiger partial charge in [0.1, 0.15) is 5.75 Å². The molecule has 1 fully saturated rings. The number of nitrogen functional groups attached to an aromatic ring is 1. The highest BCUT2D eigenvalue weighted by Gasteiger charge is 2.29. The van der Waals surface area contributed by atoms with Gasteiger partial charge in [-0.25, -0.2) is 4.68 Å². The van der Waals surface area contributed by atoms with Gasteiger partial charge in [-0.1, -0.05) is 54.2 Å². The number of amides is 1. The van der Waals surface area contributed by atoms with E-state index < -0.39 is 0 Å². The van der Waals surface area contributed by atoms with Crippen molar-refractivity contribution >= 4 is 17.7 Å². The molecule has 7 nitrogen and oxygen atoms in total. The third-order valence-corrected chi connectivity index (χ3v) is 5.85. The molecule has 1 aliphatic rings. The Bertz CT molecular complexity index is 970. The molecule has 150 valence electrons. The monoisotopic (exact) mass is 409 g/mol. The Morgan fingerprint density at radius 1 is 1.17 bits per heavy atom. The summed E-state index contributed by atoms with van der Waals surface area (Å²) in [4.78, 5) is 13.8. The molecule has 1 aliphatic carbocycles. The predicted molar refractivity (Wildman–Crippen MR) is 113 cm³/mol. The highest BCUT2D eigenvalue weighted by atomic mass is 32.2. The van der Waals surface area contributed by atoms with Gasteiger partial charge in [0.15, 0.2) is 12.4 Å². The van der Waals surface area contributed by atoms with Crippen molar-refractivity contribution in [1.29, 1.82) is 0 Å². The molecule has 29 heavy (non-hydrogen) atoms. The molecule has 4 rings (SSSR count). The highest BCUT2D eigenvalue weighted by molar-refractivity contribution is 7.98. The van der Waals surface area contributed by atoms with Crippen LogP contribution in [0.15, 0.2) is 59.8 Å². The van der Waals surface area contributed by atoms with Crippen LogP contribution in [0, 0.1) is 0 Å². The van der Waals surface area contributed by atoms with Crippen LogP contribution in [0.5, 0.6) is 5.75 Å². The summed E-state index contributed by atoms with van der Waals surface area (Å²) in [6.45, 7) is 0.0691. The van der Waals surface area contributed by atoms with Gasteiger partial charge >= 0.3 is 0 Å². The van der Waals surface area contributed by atoms with Crippen molar-refractivity contribution in [2.45, 2.75) is 29.8 Å². The molecule has 8 heteroatoms. The maximum atomic E-state index is 12.0. The third kappa shape index (κ3) is 4.71. The number of hydrogen-bond acceptors (Lipinski definition) is 6. The summed E-state index contributed by atoms with van der Waals surface area (Å²) in [7, 11) is 1.84. The van der Waals surface area contributed by atoms with Gasteiger partial charge in [0, 0.05) is 24.4 Å². The lowest BCUT2D eigenvalue weighted by Gasteiger charge is -2.16. The van der Waals surface area contributed by atoms with Crippen LogP contribution in [0.1, 0.15) is 18.4 Å². The van der Waals surface area contributed by atoms with Crippen LogP contribution in [0.4, 0.5) is 0 Å². The number of likely N-dealkylation sites (N-methyl/N-ethyl adjacent to an activating group) is 1. The first-order valence-electron chi connectivity index (χ1n) is 9.48. The van der Waals surface area contributed by atoms with E-state index >= 15 is 0 Å². The molecule has 1 aromatic heterocycles. The Morgan fingerprint density at radius 3 is 2.59 bits per heavy atom. The first kappa shape index (κ1) is 19.3. The number of thioether (sulfide) groups is 1. The Hall–Kier alpha value is -3.00. The van der Waals surface area contributed by atoms with E-state index in [2.05, 4.69) is 10.2 Å². The van der Waals surface area contributed by atoms with E-state index in [1.54, 1.807) is 4.90 Å². The molecule has 3 aromatic rings. The normalized spacial score (nSPS) is 13.3. The minimum atomic E-state index is 0.0173. The summed E-state index contributed by atoms with van der Waals surface area (Å²) in [5.74, 6) is 8.20. The third-order valence-electron chi connectivity index (χ3n) is 4.84. The molecule has 2 N–H and O–H groups in total. The molecule has 0 saturated heterocycles. The van der Waals surface area contributed by atoms with Gasteiger partial charge in [0.2, 0.25) is 5.16 Å². The maximum absolute atomic E-state index is 12.0. The number of nitrogens with zero attached hydrogens (tertiary/aromatic N) is 4. The smallest absolute Gasteiger partial charge is 0.260 e. The van der Waals surface area contributed by atoms with Crippen molar-refractivity contribution < 1.29 is 9.53 Å². The number of rotatable bonds is 8. The average Bonchev–Trinajstić information content (AvgIpc) is 3.54. The molecule has 0 aliphatic heterocycles. The van der Waals surface area contributed by atoms with Gasteiger partial charge in [-0.05, 0) is 30.5 Å². The van der Waals surface area contributed by atoms with E-state index in [1.807, 2.05) is 61.6 Å². The quantitative estimate of drug-likeness (QED) is 0.455. The van der Waals surface area contributed by atoms with Crippen molar-refractivity contribution in [3.05, 3.63) is 60.2 Å². The van der Waals surface area contributed by atoms with Gasteiger partial charge in [-0.15, -0.1) is 10.2 Å². The molecule has 0 unspecified atom stereocenters. The highest BCUT2D eigenvalue weighted by Crippen LogP contribution is 2.26. The fourth-order valence-electron chi connectivity index (χ4n) is 2.90. The number of hydrogen-bond donors (Lipinski definition) is 1. The molecule has 0 bridgehead atoms. The Kier molecular flexibility index (Phi) is 5.71. The number of carbonyl (C=O) groups is 1. The van der Waals surface area contributed by atoms with Crippen LogP contribution in [-0.4, -0.2) is 45.4 Å². The van der Waals surface area contributed by atoms with E-state index in [9.17, 15) is 4.79 Å². The molecule has 1 amide bonds. The number of benzene rings is 2. The Labute approximate surface area is 173 Å². The fourth-order valence-corrected chi connectivity index (χ4v) is 3.71. The summed E-state index contributed by atoms with van der Waals surface area (Å²) >= 11 is 1.52. The van der Waals surface area contributed by atoms with Crippen LogP contribution < -0.4 is 10.6 Å². The van der Waals surface area contributed by atoms with Crippen molar-refractivity contribution in [2.24, 2.45) is 0 Å². The fraction of sp³-hybridized carbons (Fsp3) is 0.286. The van der Waals surface area contributed by atoms with Gasteiger partial charge in [-0.3, -0.25) is 4.79 Å². The van der Waals surface area contributed by atoms with E-state index in [0.717, 1.165) is 24.0 Å². The van der Waals surface area contributed by atoms with E-state index in [4.69, 9.17) is 10.6 Å². The van der Waals surface area contributed by atoms with E-state index in [0.29, 0.717) is 28.5 Å². The zero-order chi connectivity index (χ0) is 20.2. The first-order chi connectivity index (χ1) is 14.1. The van der Waals surface area contributed by atoms with Crippen molar-refractivity contribution in [2.75, 3.05) is 19.5 Å². The maximum Gasteiger partial charge on any atom is 0.260 e. The van der Waals surface area contributed by atoms with Gasteiger partial charge < -0.3 is 15.5 Å². The SMILES string of the molecule is CN(C(=O)COc1ccc(CSc2nnc(-c3ccccc3)n2N)cc1)C1CC1. The minimum Gasteiger partial charge on any atom is -0.484 e. The lowest BCUT2D eigenvalue weighted by molar-refractivity contribution is -0.132. The van der Waals surface area contributed by atoms with E-state index in [1.165, 1.54) is 16.4 Å². The molecule has 0 spiro atoms. The van der Waals surface area contributed by atoms with Gasteiger partial charge in [-0.2, -0.15) is 0 Å². The minimum absolute atomic E-state index is 0.0173. The predicted octanol–water partition coefficient (Wildman–Crippen LogP) is 2.95. The van der Waals surface area contributed by atoms with Crippen LogP contribution >= 0.6 is 11.8 Å². The summed E-state index contributed by atoms with van der Waals surface area (Å²) in [6, 6.07) is 17.9. The molecule has 0 atom stereocenters. The van der Waals surface area contributed by atoms with Crippen molar-refractivity contribution in [3.63, 3.8) is 0 Å². The molecule has 0 radical (unpaired) electrons. The lowest BCUT2D eigenvalue weighted by atomic mass is 10.2. The number of aromatic nitrogens is 3. The zero-order valence-corrected chi connectivity index (χ0v) is 17.0. The second-order valence-electron chi connectivity index (χ2n) is 7.00. The molecule has 2 aromatic carbocycles. The molecular weight excluding hydrogens is 386 g/mol. The van der Waals surface area contributed by atoms with Gasteiger partial charge in [0.05, 0.1) is 0 Å². The second-order valence-corrected chi connectivity index (χ2v) is 7.94. The largest absolute Gasteiger partial charge is 0.484 e. The first-order valence-corrected chi connectivity index (χ1v) is 10.5. The second kappa shape index (κ2) is 8.57.